The minimum atomic E-state index is 0.164. The molecule has 0 bridgehead atoms. The molecule has 144 valence electrons. The summed E-state index contributed by atoms with van der Waals surface area (Å²) in [5, 5.41) is 0. The van der Waals surface area contributed by atoms with E-state index in [-0.39, 0.29) is 5.92 Å². The molecule has 28 heavy (non-hydrogen) atoms. The first-order valence-electron chi connectivity index (χ1n) is 10.3. The van der Waals surface area contributed by atoms with Gasteiger partial charge in [0.2, 0.25) is 5.91 Å². The number of nitrogens with one attached hydrogen (secondary N) is 1. The summed E-state index contributed by atoms with van der Waals surface area (Å²) in [5.41, 5.74) is 4.82. The molecular weight excluding hydrogens is 348 g/mol. The molecule has 0 atom stereocenters. The van der Waals surface area contributed by atoms with Gasteiger partial charge in [-0.2, -0.15) is 0 Å². The highest BCUT2D eigenvalue weighted by atomic mass is 16.2. The third kappa shape index (κ3) is 3.42. The number of hydrogen-bond acceptors (Lipinski definition) is 3. The van der Waals surface area contributed by atoms with Crippen molar-refractivity contribution in [2.45, 2.75) is 32.4 Å². The highest BCUT2D eigenvalue weighted by Gasteiger charge is 2.30. The monoisotopic (exact) mass is 374 g/mol. The van der Waals surface area contributed by atoms with Crippen LogP contribution in [0.2, 0.25) is 0 Å². The maximum absolute atomic E-state index is 13.0. The number of piperidine rings is 1. The van der Waals surface area contributed by atoms with E-state index in [0.717, 1.165) is 68.8 Å². The van der Waals surface area contributed by atoms with Gasteiger partial charge in [0.1, 0.15) is 5.82 Å². The Morgan fingerprint density at radius 3 is 2.57 bits per heavy atom. The number of amides is 1. The lowest BCUT2D eigenvalue weighted by atomic mass is 9.93. The number of aromatic amines is 1. The predicted octanol–water partition coefficient (Wildman–Crippen LogP) is 3.36. The van der Waals surface area contributed by atoms with Crippen molar-refractivity contribution >= 4 is 16.9 Å². The molecule has 0 radical (unpaired) electrons. The smallest absolute Gasteiger partial charge is 0.226 e. The van der Waals surface area contributed by atoms with Crippen LogP contribution in [0, 0.1) is 5.92 Å². The number of imidazole rings is 1. The topological polar surface area (TPSA) is 52.2 Å². The van der Waals surface area contributed by atoms with E-state index in [0.29, 0.717) is 5.91 Å². The van der Waals surface area contributed by atoms with Gasteiger partial charge in [-0.1, -0.05) is 36.4 Å². The van der Waals surface area contributed by atoms with Crippen LogP contribution in [0.15, 0.2) is 48.5 Å². The average molecular weight is 374 g/mol. The molecule has 5 nitrogen and oxygen atoms in total. The summed E-state index contributed by atoms with van der Waals surface area (Å²) in [5.74, 6) is 1.52. The number of carbonyl (C=O) groups excluding carboxylic acids is 1. The summed E-state index contributed by atoms with van der Waals surface area (Å²) < 4.78 is 0. The maximum atomic E-state index is 13.0. The largest absolute Gasteiger partial charge is 0.341 e. The first-order chi connectivity index (χ1) is 13.8. The molecule has 1 fully saturated rings. The van der Waals surface area contributed by atoms with Crippen LogP contribution in [0.25, 0.3) is 11.0 Å². The lowest BCUT2D eigenvalue weighted by Crippen LogP contribution is -2.44. The first kappa shape index (κ1) is 17.4. The van der Waals surface area contributed by atoms with Gasteiger partial charge in [-0.05, 0) is 55.6 Å². The Labute approximate surface area is 165 Å². The molecule has 1 N–H and O–H groups in total. The van der Waals surface area contributed by atoms with Gasteiger partial charge in [0.15, 0.2) is 0 Å². The van der Waals surface area contributed by atoms with Gasteiger partial charge < -0.3 is 9.88 Å². The number of rotatable bonds is 3. The minimum absolute atomic E-state index is 0.164. The number of benzene rings is 2. The molecule has 5 heteroatoms. The lowest BCUT2D eigenvalue weighted by molar-refractivity contribution is -0.138. The van der Waals surface area contributed by atoms with E-state index in [4.69, 9.17) is 0 Å². The zero-order valence-corrected chi connectivity index (χ0v) is 16.1. The number of carbonyl (C=O) groups is 1. The second kappa shape index (κ2) is 7.40. The average Bonchev–Trinajstić information content (AvgIpc) is 3.16. The second-order valence-electron chi connectivity index (χ2n) is 8.03. The maximum Gasteiger partial charge on any atom is 0.226 e. The van der Waals surface area contributed by atoms with E-state index in [9.17, 15) is 4.79 Å². The van der Waals surface area contributed by atoms with E-state index >= 15 is 0 Å². The van der Waals surface area contributed by atoms with Crippen molar-refractivity contribution in [2.75, 3.05) is 19.6 Å². The summed E-state index contributed by atoms with van der Waals surface area (Å²) >= 11 is 0. The summed E-state index contributed by atoms with van der Waals surface area (Å²) in [6.45, 7) is 4.37. The van der Waals surface area contributed by atoms with Crippen molar-refractivity contribution in [1.82, 2.24) is 19.8 Å². The van der Waals surface area contributed by atoms with Crippen LogP contribution in [0.1, 0.15) is 29.8 Å². The first-order valence-corrected chi connectivity index (χ1v) is 10.3. The fourth-order valence-electron chi connectivity index (χ4n) is 4.57. The van der Waals surface area contributed by atoms with Crippen molar-refractivity contribution < 1.29 is 4.79 Å². The van der Waals surface area contributed by atoms with E-state index in [1.54, 1.807) is 0 Å². The summed E-state index contributed by atoms with van der Waals surface area (Å²) in [6, 6.07) is 16.7. The van der Waals surface area contributed by atoms with Crippen LogP contribution < -0.4 is 0 Å². The Morgan fingerprint density at radius 2 is 1.75 bits per heavy atom. The fourth-order valence-corrected chi connectivity index (χ4v) is 4.57. The molecule has 0 saturated carbocycles. The zero-order chi connectivity index (χ0) is 18.9. The minimum Gasteiger partial charge on any atom is -0.341 e. The molecule has 3 aromatic rings. The Balaban J connectivity index is 1.17. The van der Waals surface area contributed by atoms with Crippen molar-refractivity contribution in [3.8, 4) is 0 Å². The molecule has 2 aliphatic rings. The zero-order valence-electron chi connectivity index (χ0n) is 16.1. The third-order valence-electron chi connectivity index (χ3n) is 6.19. The molecule has 0 spiro atoms. The summed E-state index contributed by atoms with van der Waals surface area (Å²) in [7, 11) is 0. The summed E-state index contributed by atoms with van der Waals surface area (Å²) in [6.07, 6.45) is 2.86. The van der Waals surface area contributed by atoms with Crippen LogP contribution >= 0.6 is 0 Å². The van der Waals surface area contributed by atoms with Crippen molar-refractivity contribution in [2.24, 2.45) is 5.92 Å². The number of aromatic nitrogens is 2. The van der Waals surface area contributed by atoms with Crippen molar-refractivity contribution in [3.05, 3.63) is 65.5 Å². The van der Waals surface area contributed by atoms with E-state index in [1.807, 2.05) is 18.2 Å². The van der Waals surface area contributed by atoms with Crippen LogP contribution in [0.4, 0.5) is 0 Å². The van der Waals surface area contributed by atoms with Crippen LogP contribution in [-0.2, 0) is 24.3 Å². The second-order valence-corrected chi connectivity index (χ2v) is 8.03. The van der Waals surface area contributed by atoms with Crippen molar-refractivity contribution in [1.29, 1.82) is 0 Å². The molecule has 3 heterocycles. The Kier molecular flexibility index (Phi) is 4.61. The summed E-state index contributed by atoms with van der Waals surface area (Å²) in [4.78, 5) is 25.6. The van der Waals surface area contributed by atoms with Crippen LogP contribution in [0.5, 0.6) is 0 Å². The highest BCUT2D eigenvalue weighted by Crippen LogP contribution is 2.25. The van der Waals surface area contributed by atoms with Gasteiger partial charge in [-0.15, -0.1) is 0 Å². The molecule has 0 unspecified atom stereocenters. The van der Waals surface area contributed by atoms with Gasteiger partial charge in [0, 0.05) is 19.0 Å². The van der Waals surface area contributed by atoms with E-state index in [1.165, 1.54) is 11.1 Å². The van der Waals surface area contributed by atoms with Gasteiger partial charge in [-0.25, -0.2) is 4.98 Å². The number of para-hydroxylation sites is 2. The van der Waals surface area contributed by atoms with Gasteiger partial charge >= 0.3 is 0 Å². The molecule has 2 aromatic carbocycles. The third-order valence-corrected chi connectivity index (χ3v) is 6.19. The number of nitrogens with zero attached hydrogens (tertiary/aromatic N) is 3. The molecule has 1 aromatic heterocycles. The standard InChI is InChI=1S/C23H26N4O/c28-23(27-14-11-17-5-1-2-6-19(17)15-27)18-9-12-26(13-10-18)16-22-24-20-7-3-4-8-21(20)25-22/h1-8,18H,9-16H2,(H,24,25). The van der Waals surface area contributed by atoms with Crippen LogP contribution in [0.3, 0.4) is 0 Å². The fraction of sp³-hybridized carbons (Fsp3) is 0.391. The molecule has 1 amide bonds. The molecule has 2 aliphatic heterocycles. The Morgan fingerprint density at radius 1 is 1.00 bits per heavy atom. The predicted molar refractivity (Wildman–Crippen MR) is 110 cm³/mol. The molecule has 5 rings (SSSR count). The van der Waals surface area contributed by atoms with E-state index < -0.39 is 0 Å². The van der Waals surface area contributed by atoms with E-state index in [2.05, 4.69) is 50.1 Å². The van der Waals surface area contributed by atoms with Crippen molar-refractivity contribution in [3.63, 3.8) is 0 Å². The Hall–Kier alpha value is -2.66. The molecular formula is C23H26N4O. The SMILES string of the molecule is O=C(C1CCN(Cc2nc3ccccc3[nH]2)CC1)N1CCc2ccccc2C1. The number of likely N-dealkylation sites (tertiary alicyclic amines) is 1. The highest BCUT2D eigenvalue weighted by molar-refractivity contribution is 5.79. The molecule has 0 aliphatic carbocycles. The number of fused-ring (bicyclic) bond motifs is 2. The van der Waals surface area contributed by atoms with Gasteiger partial charge in [0.05, 0.1) is 17.6 Å². The van der Waals surface area contributed by atoms with Gasteiger partial charge in [0.25, 0.3) is 0 Å². The normalized spacial score (nSPS) is 18.4. The Bertz CT molecular complexity index is 954. The number of H-pyrrole nitrogens is 1. The van der Waals surface area contributed by atoms with Gasteiger partial charge in [-0.3, -0.25) is 9.69 Å². The number of hydrogen-bond donors (Lipinski definition) is 1. The quantitative estimate of drug-likeness (QED) is 0.765. The lowest BCUT2D eigenvalue weighted by Gasteiger charge is -2.35. The van der Waals surface area contributed by atoms with Crippen LogP contribution in [-0.4, -0.2) is 45.3 Å². The molecule has 1 saturated heterocycles.